The Bertz CT molecular complexity index is 354. The summed E-state index contributed by atoms with van der Waals surface area (Å²) in [5, 5.41) is 3.61. The van der Waals surface area contributed by atoms with Crippen LogP contribution in [0.15, 0.2) is 0 Å². The first kappa shape index (κ1) is 17.7. The minimum Gasteiger partial charge on any atom is -0.381 e. The van der Waals surface area contributed by atoms with Crippen LogP contribution in [-0.4, -0.2) is 74.7 Å². The Labute approximate surface area is 135 Å². The zero-order chi connectivity index (χ0) is 16.1. The molecule has 0 bridgehead atoms. The number of nitrogens with zero attached hydrogens (tertiary/aromatic N) is 2. The van der Waals surface area contributed by atoms with Crippen molar-refractivity contribution in [2.75, 3.05) is 46.9 Å². The van der Waals surface area contributed by atoms with Crippen molar-refractivity contribution in [1.29, 1.82) is 0 Å². The minimum absolute atomic E-state index is 0.0544. The fourth-order valence-corrected chi connectivity index (χ4v) is 3.56. The predicted molar refractivity (Wildman–Crippen MR) is 88.8 cm³/mol. The zero-order valence-corrected chi connectivity index (χ0v) is 14.7. The summed E-state index contributed by atoms with van der Waals surface area (Å²) in [6.07, 6.45) is 3.16. The van der Waals surface area contributed by atoms with Crippen molar-refractivity contribution in [2.24, 2.45) is 11.8 Å². The highest BCUT2D eigenvalue weighted by atomic mass is 16.5. The van der Waals surface area contributed by atoms with Crippen molar-refractivity contribution in [3.8, 4) is 0 Å². The van der Waals surface area contributed by atoms with Crippen LogP contribution in [0.25, 0.3) is 0 Å². The zero-order valence-electron chi connectivity index (χ0n) is 14.7. The molecule has 2 saturated heterocycles. The van der Waals surface area contributed by atoms with E-state index < -0.39 is 0 Å². The van der Waals surface area contributed by atoms with E-state index in [1.165, 1.54) is 0 Å². The molecule has 5 nitrogen and oxygen atoms in total. The van der Waals surface area contributed by atoms with Crippen LogP contribution < -0.4 is 5.32 Å². The SMILES string of the molecule is CC(C)[C@@H](NC1CCOCC1)C(=O)N1CC[C@H](CN(C)C)C1. The van der Waals surface area contributed by atoms with Crippen molar-refractivity contribution in [3.63, 3.8) is 0 Å². The minimum atomic E-state index is -0.0544. The van der Waals surface area contributed by atoms with Crippen LogP contribution in [0.2, 0.25) is 0 Å². The van der Waals surface area contributed by atoms with Crippen molar-refractivity contribution < 1.29 is 9.53 Å². The van der Waals surface area contributed by atoms with Gasteiger partial charge in [0.05, 0.1) is 6.04 Å². The molecule has 0 aromatic rings. The molecule has 2 fully saturated rings. The molecule has 2 heterocycles. The van der Waals surface area contributed by atoms with Crippen LogP contribution in [-0.2, 0) is 9.53 Å². The van der Waals surface area contributed by atoms with Gasteiger partial charge in [-0.2, -0.15) is 0 Å². The van der Waals surface area contributed by atoms with Crippen molar-refractivity contribution in [2.45, 2.75) is 45.2 Å². The second kappa shape index (κ2) is 8.27. The van der Waals surface area contributed by atoms with E-state index in [0.717, 1.165) is 52.1 Å². The average Bonchev–Trinajstić information content (AvgIpc) is 2.92. The van der Waals surface area contributed by atoms with E-state index in [-0.39, 0.29) is 6.04 Å². The van der Waals surface area contributed by atoms with Gasteiger partial charge in [0.15, 0.2) is 0 Å². The van der Waals surface area contributed by atoms with E-state index in [0.29, 0.717) is 23.8 Å². The van der Waals surface area contributed by atoms with Crippen LogP contribution in [0.4, 0.5) is 0 Å². The summed E-state index contributed by atoms with van der Waals surface area (Å²) in [7, 11) is 4.21. The van der Waals surface area contributed by atoms with Crippen molar-refractivity contribution in [1.82, 2.24) is 15.1 Å². The summed E-state index contributed by atoms with van der Waals surface area (Å²) < 4.78 is 5.41. The third kappa shape index (κ3) is 4.93. The molecule has 0 aromatic carbocycles. The van der Waals surface area contributed by atoms with E-state index >= 15 is 0 Å². The number of nitrogens with one attached hydrogen (secondary N) is 1. The molecule has 128 valence electrons. The van der Waals surface area contributed by atoms with Gasteiger partial charge in [0, 0.05) is 38.9 Å². The lowest BCUT2D eigenvalue weighted by atomic mass is 9.99. The number of likely N-dealkylation sites (tertiary alicyclic amines) is 1. The van der Waals surface area contributed by atoms with Crippen LogP contribution in [0.3, 0.4) is 0 Å². The molecule has 0 unspecified atom stereocenters. The Kier molecular flexibility index (Phi) is 6.66. The highest BCUT2D eigenvalue weighted by molar-refractivity contribution is 5.82. The Morgan fingerprint density at radius 2 is 1.95 bits per heavy atom. The Morgan fingerprint density at radius 3 is 2.55 bits per heavy atom. The molecule has 1 N–H and O–H groups in total. The average molecular weight is 311 g/mol. The molecular formula is C17H33N3O2. The quantitative estimate of drug-likeness (QED) is 0.800. The molecule has 5 heteroatoms. The number of rotatable bonds is 6. The van der Waals surface area contributed by atoms with Gasteiger partial charge in [-0.25, -0.2) is 0 Å². The monoisotopic (exact) mass is 311 g/mol. The lowest BCUT2D eigenvalue weighted by Gasteiger charge is -2.32. The smallest absolute Gasteiger partial charge is 0.239 e. The molecule has 0 aromatic heterocycles. The Hall–Kier alpha value is -0.650. The van der Waals surface area contributed by atoms with Crippen molar-refractivity contribution in [3.05, 3.63) is 0 Å². The van der Waals surface area contributed by atoms with Crippen LogP contribution in [0, 0.1) is 11.8 Å². The van der Waals surface area contributed by atoms with Crippen LogP contribution >= 0.6 is 0 Å². The van der Waals surface area contributed by atoms with E-state index in [2.05, 4.69) is 43.1 Å². The summed E-state index contributed by atoms with van der Waals surface area (Å²) >= 11 is 0. The van der Waals surface area contributed by atoms with Gasteiger partial charge >= 0.3 is 0 Å². The topological polar surface area (TPSA) is 44.8 Å². The van der Waals surface area contributed by atoms with Crippen LogP contribution in [0.5, 0.6) is 0 Å². The van der Waals surface area contributed by atoms with Crippen molar-refractivity contribution >= 4 is 5.91 Å². The summed E-state index contributed by atoms with van der Waals surface area (Å²) in [6, 6.07) is 0.367. The maximum absolute atomic E-state index is 12.9. The first-order valence-corrected chi connectivity index (χ1v) is 8.74. The van der Waals surface area contributed by atoms with Gasteiger partial charge in [-0.15, -0.1) is 0 Å². The molecule has 2 aliphatic rings. The molecular weight excluding hydrogens is 278 g/mol. The van der Waals surface area contributed by atoms with Gasteiger partial charge in [0.25, 0.3) is 0 Å². The van der Waals surface area contributed by atoms with E-state index in [1.807, 2.05) is 0 Å². The third-order valence-electron chi connectivity index (χ3n) is 4.79. The molecule has 22 heavy (non-hydrogen) atoms. The maximum atomic E-state index is 12.9. The number of carbonyl (C=O) groups excluding carboxylic acids is 1. The Morgan fingerprint density at radius 1 is 1.27 bits per heavy atom. The second-order valence-corrected chi connectivity index (χ2v) is 7.48. The molecule has 0 spiro atoms. The summed E-state index contributed by atoms with van der Waals surface area (Å²) in [4.78, 5) is 17.2. The van der Waals surface area contributed by atoms with Gasteiger partial charge in [0.1, 0.15) is 0 Å². The van der Waals surface area contributed by atoms with E-state index in [4.69, 9.17) is 4.74 Å². The fourth-order valence-electron chi connectivity index (χ4n) is 3.56. The maximum Gasteiger partial charge on any atom is 0.239 e. The van der Waals surface area contributed by atoms with E-state index in [1.54, 1.807) is 0 Å². The molecule has 2 atom stereocenters. The summed E-state index contributed by atoms with van der Waals surface area (Å²) in [6.45, 7) is 8.80. The predicted octanol–water partition coefficient (Wildman–Crippen LogP) is 1.19. The number of hydrogen-bond acceptors (Lipinski definition) is 4. The number of carbonyl (C=O) groups is 1. The lowest BCUT2D eigenvalue weighted by Crippen LogP contribution is -2.53. The third-order valence-corrected chi connectivity index (χ3v) is 4.79. The highest BCUT2D eigenvalue weighted by Gasteiger charge is 2.33. The summed E-state index contributed by atoms with van der Waals surface area (Å²) in [5.41, 5.74) is 0. The van der Waals surface area contributed by atoms with Gasteiger partial charge in [-0.1, -0.05) is 13.8 Å². The fraction of sp³-hybridized carbons (Fsp3) is 0.941. The standard InChI is InChI=1S/C17H33N3O2/c1-13(2)16(18-15-6-9-22-10-7-15)17(21)20-8-5-14(12-20)11-19(3)4/h13-16,18H,5-12H2,1-4H3/t14-,16-/m1/s1. The highest BCUT2D eigenvalue weighted by Crippen LogP contribution is 2.20. The molecule has 0 saturated carbocycles. The molecule has 1 amide bonds. The molecule has 2 aliphatic heterocycles. The van der Waals surface area contributed by atoms with Gasteiger partial charge in [-0.05, 0) is 45.2 Å². The molecule has 0 aliphatic carbocycles. The van der Waals surface area contributed by atoms with Gasteiger partial charge < -0.3 is 19.9 Å². The molecule has 2 rings (SSSR count). The first-order valence-electron chi connectivity index (χ1n) is 8.74. The second-order valence-electron chi connectivity index (χ2n) is 7.48. The number of hydrogen-bond donors (Lipinski definition) is 1. The lowest BCUT2D eigenvalue weighted by molar-refractivity contribution is -0.134. The normalized spacial score (nSPS) is 25.2. The van der Waals surface area contributed by atoms with E-state index in [9.17, 15) is 4.79 Å². The first-order chi connectivity index (χ1) is 10.5. The van der Waals surface area contributed by atoms with Crippen LogP contribution in [0.1, 0.15) is 33.1 Å². The van der Waals surface area contributed by atoms with Gasteiger partial charge in [0.2, 0.25) is 5.91 Å². The number of amides is 1. The number of ether oxygens (including phenoxy) is 1. The Balaban J connectivity index is 1.89. The largest absolute Gasteiger partial charge is 0.381 e. The van der Waals surface area contributed by atoms with Gasteiger partial charge in [-0.3, -0.25) is 4.79 Å². The molecule has 0 radical (unpaired) electrons. The summed E-state index contributed by atoms with van der Waals surface area (Å²) in [5.74, 6) is 1.24.